The summed E-state index contributed by atoms with van der Waals surface area (Å²) in [6, 6.07) is 6.35. The van der Waals surface area contributed by atoms with E-state index in [1.54, 1.807) is 6.07 Å². The zero-order chi connectivity index (χ0) is 19.0. The molecule has 0 unspecified atom stereocenters. The summed E-state index contributed by atoms with van der Waals surface area (Å²) in [4.78, 5) is 15.0. The molecule has 8 heteroatoms. The average Bonchev–Trinajstić information content (AvgIpc) is 3.12. The van der Waals surface area contributed by atoms with Crippen molar-refractivity contribution in [3.8, 4) is 0 Å². The molecular formula is C20H27ClFN5O. The van der Waals surface area contributed by atoms with E-state index in [0.717, 1.165) is 44.1 Å². The number of carbonyl (C=O) groups excluding carboxylic acids is 1. The topological polar surface area (TPSA) is 63.1 Å². The van der Waals surface area contributed by atoms with Crippen LogP contribution < -0.4 is 5.32 Å². The van der Waals surface area contributed by atoms with Gasteiger partial charge in [0.25, 0.3) is 0 Å². The van der Waals surface area contributed by atoms with Crippen LogP contribution in [0.3, 0.4) is 0 Å². The van der Waals surface area contributed by atoms with E-state index in [1.165, 1.54) is 12.1 Å². The van der Waals surface area contributed by atoms with Gasteiger partial charge in [-0.25, -0.2) is 4.39 Å². The number of amides is 1. The van der Waals surface area contributed by atoms with Gasteiger partial charge in [-0.1, -0.05) is 12.1 Å². The van der Waals surface area contributed by atoms with Crippen LogP contribution in [-0.4, -0.2) is 45.2 Å². The molecule has 0 saturated carbocycles. The summed E-state index contributed by atoms with van der Waals surface area (Å²) >= 11 is 0. The number of benzene rings is 1. The van der Waals surface area contributed by atoms with Crippen LogP contribution in [0.15, 0.2) is 24.3 Å². The maximum Gasteiger partial charge on any atom is 0.232 e. The van der Waals surface area contributed by atoms with Crippen LogP contribution in [-0.2, 0) is 23.3 Å². The predicted molar refractivity (Wildman–Crippen MR) is 107 cm³/mol. The Bertz CT molecular complexity index is 845. The van der Waals surface area contributed by atoms with E-state index in [0.29, 0.717) is 24.6 Å². The second-order valence-corrected chi connectivity index (χ2v) is 8.00. The van der Waals surface area contributed by atoms with Crippen LogP contribution in [0, 0.1) is 5.82 Å². The first-order valence-electron chi connectivity index (χ1n) is 9.65. The minimum atomic E-state index is -0.741. The van der Waals surface area contributed by atoms with E-state index in [2.05, 4.69) is 20.1 Å². The van der Waals surface area contributed by atoms with Crippen molar-refractivity contribution in [1.29, 1.82) is 0 Å². The van der Waals surface area contributed by atoms with Crippen LogP contribution >= 0.6 is 12.4 Å². The zero-order valence-electron chi connectivity index (χ0n) is 16.3. The Hall–Kier alpha value is -1.99. The maximum atomic E-state index is 13.6. The van der Waals surface area contributed by atoms with Gasteiger partial charge in [0.15, 0.2) is 0 Å². The van der Waals surface area contributed by atoms with Gasteiger partial charge < -0.3 is 14.8 Å². The van der Waals surface area contributed by atoms with Crippen molar-refractivity contribution < 1.29 is 9.18 Å². The van der Waals surface area contributed by atoms with Gasteiger partial charge in [-0.05, 0) is 44.4 Å². The smallest absolute Gasteiger partial charge is 0.232 e. The highest BCUT2D eigenvalue weighted by molar-refractivity contribution is 5.87. The zero-order valence-corrected chi connectivity index (χ0v) is 17.1. The number of hydrogen-bond donors (Lipinski definition) is 1. The highest BCUT2D eigenvalue weighted by Gasteiger charge is 2.36. The minimum absolute atomic E-state index is 0. The first-order valence-corrected chi connectivity index (χ1v) is 9.65. The summed E-state index contributed by atoms with van der Waals surface area (Å²) in [6.45, 7) is 7.76. The standard InChI is InChI=1S/C20H26FN5O.ClH/c1-20(2,15-4-3-5-16(21)12-15)19(27)25-9-6-14(7-10-25)18-24-23-17-13-22-8-11-26(17)18;/h3-5,12,14,22H,6-11,13H2,1-2H3;1H. The fraction of sp³-hybridized carbons (Fsp3) is 0.550. The van der Waals surface area contributed by atoms with E-state index in [-0.39, 0.29) is 24.1 Å². The third-order valence-corrected chi connectivity index (χ3v) is 5.88. The lowest BCUT2D eigenvalue weighted by Gasteiger charge is -2.37. The highest BCUT2D eigenvalue weighted by Crippen LogP contribution is 2.32. The Morgan fingerprint density at radius 2 is 1.96 bits per heavy atom. The third-order valence-electron chi connectivity index (χ3n) is 5.88. The average molecular weight is 408 g/mol. The normalized spacial score (nSPS) is 17.8. The molecule has 6 nitrogen and oxygen atoms in total. The molecule has 0 bridgehead atoms. The summed E-state index contributed by atoms with van der Waals surface area (Å²) in [5.41, 5.74) is -0.0251. The predicted octanol–water partition coefficient (Wildman–Crippen LogP) is 2.63. The van der Waals surface area contributed by atoms with Gasteiger partial charge in [0.2, 0.25) is 5.91 Å². The lowest BCUT2D eigenvalue weighted by atomic mass is 9.82. The molecule has 1 aromatic heterocycles. The van der Waals surface area contributed by atoms with Crippen molar-refractivity contribution in [3.63, 3.8) is 0 Å². The molecule has 152 valence electrons. The second kappa shape index (κ2) is 8.17. The molecule has 1 N–H and O–H groups in total. The fourth-order valence-electron chi connectivity index (χ4n) is 4.15. The number of likely N-dealkylation sites (tertiary alicyclic amines) is 1. The molecule has 0 radical (unpaired) electrons. The summed E-state index contributed by atoms with van der Waals surface area (Å²) in [6.07, 6.45) is 1.77. The van der Waals surface area contributed by atoms with E-state index in [9.17, 15) is 9.18 Å². The lowest BCUT2D eigenvalue weighted by molar-refractivity contribution is -0.137. The molecule has 2 aliphatic heterocycles. The molecule has 1 fully saturated rings. The highest BCUT2D eigenvalue weighted by atomic mass is 35.5. The number of aromatic nitrogens is 3. The van der Waals surface area contributed by atoms with Gasteiger partial charge in [0.1, 0.15) is 17.5 Å². The van der Waals surface area contributed by atoms with Crippen LogP contribution in [0.5, 0.6) is 0 Å². The maximum absolute atomic E-state index is 13.6. The van der Waals surface area contributed by atoms with Gasteiger partial charge in [0.05, 0.1) is 12.0 Å². The molecule has 4 rings (SSSR count). The number of rotatable bonds is 3. The van der Waals surface area contributed by atoms with Crippen LogP contribution in [0.1, 0.15) is 49.8 Å². The van der Waals surface area contributed by atoms with E-state index in [4.69, 9.17) is 0 Å². The van der Waals surface area contributed by atoms with Crippen molar-refractivity contribution in [2.45, 2.75) is 51.1 Å². The summed E-state index contributed by atoms with van der Waals surface area (Å²) in [5.74, 6) is 2.15. The van der Waals surface area contributed by atoms with Gasteiger partial charge in [-0.15, -0.1) is 22.6 Å². The molecule has 0 spiro atoms. The van der Waals surface area contributed by atoms with Crippen LogP contribution in [0.2, 0.25) is 0 Å². The number of nitrogens with one attached hydrogen (secondary N) is 1. The number of carbonyl (C=O) groups is 1. The molecule has 3 heterocycles. The summed E-state index contributed by atoms with van der Waals surface area (Å²) in [7, 11) is 0. The quantitative estimate of drug-likeness (QED) is 0.849. The molecule has 2 aliphatic rings. The molecule has 28 heavy (non-hydrogen) atoms. The monoisotopic (exact) mass is 407 g/mol. The molecule has 1 amide bonds. The van der Waals surface area contributed by atoms with Crippen molar-refractivity contribution in [1.82, 2.24) is 25.0 Å². The van der Waals surface area contributed by atoms with Crippen LogP contribution in [0.25, 0.3) is 0 Å². The molecular weight excluding hydrogens is 381 g/mol. The Morgan fingerprint density at radius 3 is 2.68 bits per heavy atom. The van der Waals surface area contributed by atoms with E-state index >= 15 is 0 Å². The van der Waals surface area contributed by atoms with Crippen molar-refractivity contribution in [3.05, 3.63) is 47.3 Å². The third kappa shape index (κ3) is 3.78. The van der Waals surface area contributed by atoms with Crippen LogP contribution in [0.4, 0.5) is 4.39 Å². The molecule has 1 aromatic carbocycles. The largest absolute Gasteiger partial charge is 0.342 e. The summed E-state index contributed by atoms with van der Waals surface area (Å²) < 4.78 is 15.8. The summed E-state index contributed by atoms with van der Waals surface area (Å²) in [5, 5.41) is 12.0. The first-order chi connectivity index (χ1) is 13.0. The Morgan fingerprint density at radius 1 is 1.21 bits per heavy atom. The van der Waals surface area contributed by atoms with Gasteiger partial charge in [-0.3, -0.25) is 4.79 Å². The fourth-order valence-corrected chi connectivity index (χ4v) is 4.15. The molecule has 1 saturated heterocycles. The Balaban J connectivity index is 0.00000225. The van der Waals surface area contributed by atoms with Gasteiger partial charge in [0, 0.05) is 32.1 Å². The second-order valence-electron chi connectivity index (χ2n) is 8.00. The van der Waals surface area contributed by atoms with Crippen molar-refractivity contribution >= 4 is 18.3 Å². The number of nitrogens with zero attached hydrogens (tertiary/aromatic N) is 4. The molecule has 0 aliphatic carbocycles. The number of hydrogen-bond acceptors (Lipinski definition) is 4. The van der Waals surface area contributed by atoms with Crippen molar-refractivity contribution in [2.75, 3.05) is 19.6 Å². The van der Waals surface area contributed by atoms with E-state index in [1.807, 2.05) is 24.8 Å². The number of fused-ring (bicyclic) bond motifs is 1. The SMILES string of the molecule is CC(C)(C(=O)N1CCC(c2nnc3n2CCNC3)CC1)c1cccc(F)c1.Cl. The molecule has 0 atom stereocenters. The number of halogens is 2. The number of piperidine rings is 1. The van der Waals surface area contributed by atoms with Gasteiger partial charge >= 0.3 is 0 Å². The first kappa shape index (κ1) is 20.7. The lowest BCUT2D eigenvalue weighted by Crippen LogP contribution is -2.47. The Labute approximate surface area is 170 Å². The van der Waals surface area contributed by atoms with Crippen molar-refractivity contribution in [2.24, 2.45) is 0 Å². The van der Waals surface area contributed by atoms with E-state index < -0.39 is 5.41 Å². The minimum Gasteiger partial charge on any atom is -0.342 e. The Kier molecular flexibility index (Phi) is 6.05. The van der Waals surface area contributed by atoms with Gasteiger partial charge in [-0.2, -0.15) is 0 Å². The molecule has 2 aromatic rings.